The van der Waals surface area contributed by atoms with Crippen LogP contribution in [0.3, 0.4) is 0 Å². The normalized spacial score (nSPS) is 10.0. The Balaban J connectivity index is 2.66. The molecule has 1 aromatic heterocycles. The minimum atomic E-state index is 1.04. The molecule has 0 unspecified atom stereocenters. The van der Waals surface area contributed by atoms with E-state index in [1.807, 2.05) is 11.8 Å². The average molecular weight is 186 g/mol. The van der Waals surface area contributed by atoms with E-state index in [-0.39, 0.29) is 0 Å². The highest BCUT2D eigenvalue weighted by Crippen LogP contribution is 2.10. The summed E-state index contributed by atoms with van der Waals surface area (Å²) in [7, 11) is 0. The summed E-state index contributed by atoms with van der Waals surface area (Å²) in [6.07, 6.45) is 8.42. The molecule has 1 nitrogen and oxygen atoms in total. The van der Waals surface area contributed by atoms with E-state index < -0.39 is 0 Å². The van der Waals surface area contributed by atoms with E-state index in [1.165, 1.54) is 4.90 Å². The van der Waals surface area contributed by atoms with Crippen LogP contribution in [0.5, 0.6) is 0 Å². The molecule has 0 radical (unpaired) electrons. The standard InChI is InChI=1S/C8H12NS2/c1-10-7-9-5-3-8(11-2)4-6-9/h3-6H,7H2,1-2H3/q+1. The molecule has 0 amide bonds. The fraction of sp³-hybridized carbons (Fsp3) is 0.375. The SMILES string of the molecule is CSC[n+]1ccc(SC)cc1. The number of aromatic nitrogens is 1. The van der Waals surface area contributed by atoms with E-state index >= 15 is 0 Å². The second kappa shape index (κ2) is 4.67. The van der Waals surface area contributed by atoms with Crippen molar-refractivity contribution in [3.63, 3.8) is 0 Å². The number of pyridine rings is 1. The lowest BCUT2D eigenvalue weighted by Gasteiger charge is -1.94. The topological polar surface area (TPSA) is 3.88 Å². The average Bonchev–Trinajstić information content (AvgIpc) is 2.07. The van der Waals surface area contributed by atoms with Crippen molar-refractivity contribution in [3.8, 4) is 0 Å². The van der Waals surface area contributed by atoms with Gasteiger partial charge in [-0.25, -0.2) is 0 Å². The van der Waals surface area contributed by atoms with Gasteiger partial charge >= 0.3 is 0 Å². The van der Waals surface area contributed by atoms with Crippen molar-refractivity contribution >= 4 is 23.5 Å². The lowest BCUT2D eigenvalue weighted by molar-refractivity contribution is -0.676. The maximum absolute atomic E-state index is 2.17. The van der Waals surface area contributed by atoms with Crippen molar-refractivity contribution in [2.75, 3.05) is 12.5 Å². The van der Waals surface area contributed by atoms with Gasteiger partial charge in [-0.3, -0.25) is 0 Å². The highest BCUT2D eigenvalue weighted by molar-refractivity contribution is 7.98. The van der Waals surface area contributed by atoms with Crippen molar-refractivity contribution in [3.05, 3.63) is 24.5 Å². The molecule has 1 aromatic rings. The van der Waals surface area contributed by atoms with Gasteiger partial charge in [0.2, 0.25) is 0 Å². The maximum Gasteiger partial charge on any atom is 0.194 e. The van der Waals surface area contributed by atoms with Crippen molar-refractivity contribution < 1.29 is 4.57 Å². The number of nitrogens with zero attached hydrogens (tertiary/aromatic N) is 1. The molecule has 0 aliphatic rings. The third-order valence-corrected chi connectivity index (χ3v) is 2.67. The zero-order valence-corrected chi connectivity index (χ0v) is 8.41. The molecule has 0 spiro atoms. The van der Waals surface area contributed by atoms with E-state index in [9.17, 15) is 0 Å². The lowest BCUT2D eigenvalue weighted by atomic mass is 10.5. The zero-order valence-electron chi connectivity index (χ0n) is 6.78. The third-order valence-electron chi connectivity index (χ3n) is 1.37. The Morgan fingerprint density at radius 1 is 1.27 bits per heavy atom. The van der Waals surface area contributed by atoms with E-state index in [0.29, 0.717) is 0 Å². The molecule has 0 saturated heterocycles. The fourth-order valence-corrected chi connectivity index (χ4v) is 1.68. The quantitative estimate of drug-likeness (QED) is 0.525. The monoisotopic (exact) mass is 186 g/mol. The number of hydrogen-bond acceptors (Lipinski definition) is 2. The van der Waals surface area contributed by atoms with Crippen LogP contribution in [0.25, 0.3) is 0 Å². The van der Waals surface area contributed by atoms with Crippen molar-refractivity contribution in [1.29, 1.82) is 0 Å². The van der Waals surface area contributed by atoms with Crippen molar-refractivity contribution in [1.82, 2.24) is 0 Å². The lowest BCUT2D eigenvalue weighted by Crippen LogP contribution is -2.30. The summed E-state index contributed by atoms with van der Waals surface area (Å²) in [5.74, 6) is 1.04. The second-order valence-electron chi connectivity index (χ2n) is 2.17. The Bertz CT molecular complexity index is 208. The van der Waals surface area contributed by atoms with E-state index in [2.05, 4.69) is 41.6 Å². The van der Waals surface area contributed by atoms with Gasteiger partial charge in [-0.1, -0.05) is 11.8 Å². The predicted octanol–water partition coefficient (Wildman–Crippen LogP) is 2.02. The van der Waals surface area contributed by atoms with Gasteiger partial charge in [-0.2, -0.15) is 4.57 Å². The summed E-state index contributed by atoms with van der Waals surface area (Å²) < 4.78 is 2.17. The minimum absolute atomic E-state index is 1.04. The molecule has 0 aliphatic carbocycles. The summed E-state index contributed by atoms with van der Waals surface area (Å²) in [6.45, 7) is 0. The number of hydrogen-bond donors (Lipinski definition) is 0. The Morgan fingerprint density at radius 3 is 2.36 bits per heavy atom. The first kappa shape index (κ1) is 8.94. The summed E-state index contributed by atoms with van der Waals surface area (Å²) >= 11 is 3.60. The van der Waals surface area contributed by atoms with Gasteiger partial charge in [-0.15, -0.1) is 11.8 Å². The van der Waals surface area contributed by atoms with Gasteiger partial charge in [-0.05, 0) is 12.5 Å². The molecule has 0 aliphatic heterocycles. The Morgan fingerprint density at radius 2 is 1.91 bits per heavy atom. The van der Waals surface area contributed by atoms with E-state index in [4.69, 9.17) is 0 Å². The smallest absolute Gasteiger partial charge is 0.194 e. The van der Waals surface area contributed by atoms with Crippen LogP contribution in [0.2, 0.25) is 0 Å². The molecular formula is C8H12NS2+. The van der Waals surface area contributed by atoms with Crippen LogP contribution in [0, 0.1) is 0 Å². The summed E-state index contributed by atoms with van der Waals surface area (Å²) in [6, 6.07) is 4.28. The first-order valence-electron chi connectivity index (χ1n) is 3.39. The number of rotatable bonds is 3. The van der Waals surface area contributed by atoms with Crippen LogP contribution >= 0.6 is 23.5 Å². The Hall–Kier alpha value is -0.150. The highest BCUT2D eigenvalue weighted by atomic mass is 32.2. The van der Waals surface area contributed by atoms with E-state index in [0.717, 1.165) is 5.88 Å². The molecule has 0 saturated carbocycles. The van der Waals surface area contributed by atoms with Crippen molar-refractivity contribution in [2.24, 2.45) is 0 Å². The van der Waals surface area contributed by atoms with Gasteiger partial charge in [0.25, 0.3) is 0 Å². The molecule has 0 bridgehead atoms. The molecule has 1 rings (SSSR count). The number of thioether (sulfide) groups is 2. The maximum atomic E-state index is 2.17. The van der Waals surface area contributed by atoms with Gasteiger partial charge in [0.15, 0.2) is 18.3 Å². The van der Waals surface area contributed by atoms with Gasteiger partial charge in [0.05, 0.1) is 0 Å². The molecule has 0 fully saturated rings. The molecule has 3 heteroatoms. The van der Waals surface area contributed by atoms with Crippen LogP contribution < -0.4 is 4.57 Å². The molecule has 60 valence electrons. The van der Waals surface area contributed by atoms with Crippen LogP contribution in [0.1, 0.15) is 0 Å². The molecule has 11 heavy (non-hydrogen) atoms. The minimum Gasteiger partial charge on any atom is -0.195 e. The third kappa shape index (κ3) is 2.75. The molecular weight excluding hydrogens is 174 g/mol. The van der Waals surface area contributed by atoms with Crippen LogP contribution in [-0.4, -0.2) is 12.5 Å². The summed E-state index contributed by atoms with van der Waals surface area (Å²) in [5, 5.41) is 0. The first-order valence-corrected chi connectivity index (χ1v) is 6.00. The molecule has 0 N–H and O–H groups in total. The van der Waals surface area contributed by atoms with E-state index in [1.54, 1.807) is 11.8 Å². The molecule has 1 heterocycles. The van der Waals surface area contributed by atoms with Gasteiger partial charge in [0, 0.05) is 17.0 Å². The Kier molecular flexibility index (Phi) is 3.80. The fourth-order valence-electron chi connectivity index (χ4n) is 0.815. The summed E-state index contributed by atoms with van der Waals surface area (Å²) in [4.78, 5) is 1.32. The van der Waals surface area contributed by atoms with Crippen LogP contribution in [0.4, 0.5) is 0 Å². The largest absolute Gasteiger partial charge is 0.195 e. The van der Waals surface area contributed by atoms with Gasteiger partial charge < -0.3 is 0 Å². The molecule has 0 atom stereocenters. The van der Waals surface area contributed by atoms with Crippen LogP contribution in [-0.2, 0) is 5.88 Å². The molecule has 0 aromatic carbocycles. The van der Waals surface area contributed by atoms with Crippen molar-refractivity contribution in [2.45, 2.75) is 10.8 Å². The van der Waals surface area contributed by atoms with Gasteiger partial charge in [0.1, 0.15) is 0 Å². The Labute approximate surface area is 76.2 Å². The van der Waals surface area contributed by atoms with Crippen LogP contribution in [0.15, 0.2) is 29.4 Å². The predicted molar refractivity (Wildman–Crippen MR) is 51.9 cm³/mol. The highest BCUT2D eigenvalue weighted by Gasteiger charge is 1.96. The summed E-state index contributed by atoms with van der Waals surface area (Å²) in [5.41, 5.74) is 0. The zero-order chi connectivity index (χ0) is 8.10. The first-order chi connectivity index (χ1) is 5.36. The second-order valence-corrected chi connectivity index (χ2v) is 3.89.